The van der Waals surface area contributed by atoms with Crippen LogP contribution in [0.5, 0.6) is 0 Å². The predicted octanol–water partition coefficient (Wildman–Crippen LogP) is 4.13. The summed E-state index contributed by atoms with van der Waals surface area (Å²) < 4.78 is 45.5. The Kier molecular flexibility index (Phi) is 5.06. The highest BCUT2D eigenvalue weighted by Crippen LogP contribution is 2.40. The number of nitrogens with one attached hydrogen (secondary N) is 1. The van der Waals surface area contributed by atoms with Gasteiger partial charge in [-0.3, -0.25) is 5.10 Å². The van der Waals surface area contributed by atoms with E-state index in [2.05, 4.69) is 26.9 Å². The number of halogens is 1. The van der Waals surface area contributed by atoms with Crippen molar-refractivity contribution in [1.82, 2.24) is 14.8 Å². The molecule has 8 heteroatoms. The van der Waals surface area contributed by atoms with E-state index in [0.29, 0.717) is 19.6 Å². The van der Waals surface area contributed by atoms with E-state index in [-0.39, 0.29) is 17.5 Å². The second kappa shape index (κ2) is 7.76. The number of hydrogen-bond donors (Lipinski definition) is 1. The molecule has 31 heavy (non-hydrogen) atoms. The Morgan fingerprint density at radius 1 is 1.19 bits per heavy atom. The molecule has 1 N–H and O–H groups in total. The maximum Gasteiger partial charge on any atom is 0.147 e. The summed E-state index contributed by atoms with van der Waals surface area (Å²) in [6, 6.07) is 10.6. The van der Waals surface area contributed by atoms with E-state index >= 15 is 0 Å². The van der Waals surface area contributed by atoms with Gasteiger partial charge >= 0.3 is 0 Å². The van der Waals surface area contributed by atoms with Gasteiger partial charge in [0.1, 0.15) is 15.7 Å². The summed E-state index contributed by atoms with van der Waals surface area (Å²) in [5.74, 6) is 0.0202. The maximum absolute atomic E-state index is 13.7. The van der Waals surface area contributed by atoms with Crippen molar-refractivity contribution in [3.05, 3.63) is 59.7 Å². The van der Waals surface area contributed by atoms with Crippen LogP contribution in [0.1, 0.15) is 30.0 Å². The molecule has 2 aromatic carbocycles. The van der Waals surface area contributed by atoms with Crippen molar-refractivity contribution in [3.63, 3.8) is 0 Å². The van der Waals surface area contributed by atoms with Gasteiger partial charge in [-0.2, -0.15) is 5.10 Å². The van der Waals surface area contributed by atoms with Crippen LogP contribution in [0, 0.1) is 5.82 Å². The molecule has 3 heterocycles. The maximum atomic E-state index is 13.7. The van der Waals surface area contributed by atoms with Crippen molar-refractivity contribution in [2.75, 3.05) is 25.2 Å². The molecular formula is C23H24FN3O3S. The Hall–Kier alpha value is -2.71. The molecule has 6 nitrogen and oxygen atoms in total. The quantitative estimate of drug-likeness (QED) is 0.505. The van der Waals surface area contributed by atoms with Gasteiger partial charge in [0.25, 0.3) is 0 Å². The van der Waals surface area contributed by atoms with E-state index in [4.69, 9.17) is 4.74 Å². The second-order valence-electron chi connectivity index (χ2n) is 8.27. The number of aromatic amines is 1. The summed E-state index contributed by atoms with van der Waals surface area (Å²) in [6.07, 6.45) is 5.20. The molecule has 0 bridgehead atoms. The molecular weight excluding hydrogens is 417 g/mol. The van der Waals surface area contributed by atoms with Crippen LogP contribution in [0.3, 0.4) is 0 Å². The average molecular weight is 442 g/mol. The average Bonchev–Trinajstić information content (AvgIpc) is 3.33. The third-order valence-corrected chi connectivity index (χ3v) is 7.03. The molecule has 1 aliphatic heterocycles. The fraction of sp³-hybridized carbons (Fsp3) is 0.348. The lowest BCUT2D eigenvalue weighted by atomic mass is 9.92. The molecule has 0 radical (unpaired) electrons. The first-order valence-electron chi connectivity index (χ1n) is 10.4. The molecule has 1 saturated heterocycles. The smallest absolute Gasteiger partial charge is 0.147 e. The molecule has 0 spiro atoms. The zero-order chi connectivity index (χ0) is 21.6. The van der Waals surface area contributed by atoms with E-state index < -0.39 is 9.84 Å². The number of ether oxygens (including phenoxy) is 1. The lowest BCUT2D eigenvalue weighted by Crippen LogP contribution is -2.19. The van der Waals surface area contributed by atoms with E-state index in [0.717, 1.165) is 51.6 Å². The van der Waals surface area contributed by atoms with Crippen molar-refractivity contribution < 1.29 is 17.5 Å². The zero-order valence-corrected chi connectivity index (χ0v) is 18.1. The summed E-state index contributed by atoms with van der Waals surface area (Å²) >= 11 is 0. The molecule has 1 aliphatic rings. The minimum absolute atomic E-state index is 0.0762. The standard InChI is InChI=1S/C23H24FN3O3S/c1-31(28,29)11-8-19-20-13-21-16(14-25-26-21)12-22(20)27(18-4-2-17(24)3-5-18)23(19)15-6-9-30-10-7-15/h2-5,12-15H,6-11H2,1H3,(H,25,26). The van der Waals surface area contributed by atoms with Gasteiger partial charge in [0, 0.05) is 47.5 Å². The number of sulfone groups is 1. The number of benzene rings is 2. The van der Waals surface area contributed by atoms with Gasteiger partial charge in [0.05, 0.1) is 23.0 Å². The van der Waals surface area contributed by atoms with E-state index in [1.807, 2.05) is 0 Å². The van der Waals surface area contributed by atoms with Gasteiger partial charge in [0.15, 0.2) is 0 Å². The summed E-state index contributed by atoms with van der Waals surface area (Å²) in [7, 11) is -3.13. The number of hydrogen-bond acceptors (Lipinski definition) is 4. The Balaban J connectivity index is 1.82. The number of H-pyrrole nitrogens is 1. The molecule has 162 valence electrons. The van der Waals surface area contributed by atoms with Crippen molar-refractivity contribution in [1.29, 1.82) is 0 Å². The first kappa shape index (κ1) is 20.2. The minimum atomic E-state index is -3.13. The molecule has 2 aromatic heterocycles. The number of rotatable bonds is 5. The van der Waals surface area contributed by atoms with Crippen LogP contribution in [-0.4, -0.2) is 48.4 Å². The normalized spacial score (nSPS) is 15.8. The monoisotopic (exact) mass is 441 g/mol. The fourth-order valence-electron chi connectivity index (χ4n) is 4.63. The van der Waals surface area contributed by atoms with Gasteiger partial charge in [-0.25, -0.2) is 12.8 Å². The Morgan fingerprint density at radius 2 is 1.94 bits per heavy atom. The molecule has 0 saturated carbocycles. The Labute approximate surface area is 179 Å². The summed E-state index contributed by atoms with van der Waals surface area (Å²) in [6.45, 7) is 1.34. The highest BCUT2D eigenvalue weighted by Gasteiger charge is 2.27. The van der Waals surface area contributed by atoms with Gasteiger partial charge in [-0.1, -0.05) is 0 Å². The largest absolute Gasteiger partial charge is 0.381 e. The zero-order valence-electron chi connectivity index (χ0n) is 17.3. The van der Waals surface area contributed by atoms with Crippen LogP contribution in [0.25, 0.3) is 27.5 Å². The molecule has 4 aromatic rings. The lowest BCUT2D eigenvalue weighted by molar-refractivity contribution is 0.0841. The molecule has 0 atom stereocenters. The second-order valence-corrected chi connectivity index (χ2v) is 10.5. The van der Waals surface area contributed by atoms with Crippen LogP contribution in [-0.2, 0) is 21.0 Å². The number of aryl methyl sites for hydroxylation is 1. The van der Waals surface area contributed by atoms with Crippen LogP contribution in [0.2, 0.25) is 0 Å². The number of nitrogens with zero attached hydrogens (tertiary/aromatic N) is 2. The predicted molar refractivity (Wildman–Crippen MR) is 119 cm³/mol. The van der Waals surface area contributed by atoms with Crippen molar-refractivity contribution >= 4 is 31.6 Å². The highest BCUT2D eigenvalue weighted by molar-refractivity contribution is 7.90. The molecule has 1 fully saturated rings. The van der Waals surface area contributed by atoms with Crippen LogP contribution >= 0.6 is 0 Å². The highest BCUT2D eigenvalue weighted by atomic mass is 32.2. The fourth-order valence-corrected chi connectivity index (χ4v) is 5.20. The van der Waals surface area contributed by atoms with Gasteiger partial charge in [-0.05, 0) is 61.2 Å². The molecule has 5 rings (SSSR count). The van der Waals surface area contributed by atoms with Crippen molar-refractivity contribution in [3.8, 4) is 5.69 Å². The van der Waals surface area contributed by atoms with Crippen molar-refractivity contribution in [2.45, 2.75) is 25.2 Å². The SMILES string of the molecule is CS(=O)(=O)CCc1c(C2CCOCC2)n(-c2ccc(F)cc2)c2cc3cn[nH]c3cc12. The third-order valence-electron chi connectivity index (χ3n) is 6.09. The Morgan fingerprint density at radius 3 is 2.65 bits per heavy atom. The van der Waals surface area contributed by atoms with E-state index in [1.54, 1.807) is 18.3 Å². The third kappa shape index (κ3) is 3.85. The van der Waals surface area contributed by atoms with Crippen LogP contribution < -0.4 is 0 Å². The summed E-state index contributed by atoms with van der Waals surface area (Å²) in [5.41, 5.74) is 4.89. The molecule has 0 aliphatic carbocycles. The summed E-state index contributed by atoms with van der Waals surface area (Å²) in [4.78, 5) is 0. The topological polar surface area (TPSA) is 77.0 Å². The first-order valence-corrected chi connectivity index (χ1v) is 12.5. The van der Waals surface area contributed by atoms with Crippen molar-refractivity contribution in [2.24, 2.45) is 0 Å². The first-order chi connectivity index (χ1) is 14.9. The Bertz CT molecular complexity index is 1350. The lowest BCUT2D eigenvalue weighted by Gasteiger charge is -2.25. The number of fused-ring (bicyclic) bond motifs is 2. The van der Waals surface area contributed by atoms with Crippen LogP contribution in [0.15, 0.2) is 42.6 Å². The van der Waals surface area contributed by atoms with Crippen LogP contribution in [0.4, 0.5) is 4.39 Å². The minimum Gasteiger partial charge on any atom is -0.381 e. The van der Waals surface area contributed by atoms with Gasteiger partial charge in [-0.15, -0.1) is 0 Å². The molecule has 0 unspecified atom stereocenters. The molecule has 0 amide bonds. The van der Waals surface area contributed by atoms with Gasteiger partial charge in [0.2, 0.25) is 0 Å². The van der Waals surface area contributed by atoms with Gasteiger partial charge < -0.3 is 9.30 Å². The number of aromatic nitrogens is 3. The van der Waals surface area contributed by atoms with E-state index in [1.165, 1.54) is 18.4 Å². The summed E-state index contributed by atoms with van der Waals surface area (Å²) in [5, 5.41) is 9.15. The van der Waals surface area contributed by atoms with E-state index in [9.17, 15) is 12.8 Å².